The van der Waals surface area contributed by atoms with Gasteiger partial charge in [0.05, 0.1) is 11.1 Å². The van der Waals surface area contributed by atoms with Crippen molar-refractivity contribution >= 4 is 29.4 Å². The van der Waals surface area contributed by atoms with Gasteiger partial charge >= 0.3 is 6.09 Å². The number of benzene rings is 1. The summed E-state index contributed by atoms with van der Waals surface area (Å²) in [5.41, 5.74) is 0.116. The molecular formula is C17H17ClFN3O4. The number of hydrogen-bond acceptors (Lipinski definition) is 4. The molecule has 2 amide bonds. The molecule has 0 saturated carbocycles. The van der Waals surface area contributed by atoms with Crippen molar-refractivity contribution in [2.45, 2.75) is 26.3 Å². The Hall–Kier alpha value is -2.87. The fourth-order valence-electron chi connectivity index (χ4n) is 2.30. The van der Waals surface area contributed by atoms with Gasteiger partial charge in [-0.05, 0) is 18.6 Å². The summed E-state index contributed by atoms with van der Waals surface area (Å²) in [6.07, 6.45) is 0.464. The summed E-state index contributed by atoms with van der Waals surface area (Å²) in [4.78, 5) is 25.9. The van der Waals surface area contributed by atoms with E-state index in [9.17, 15) is 14.0 Å². The van der Waals surface area contributed by atoms with Crippen LogP contribution in [0.2, 0.25) is 5.02 Å². The number of nitrogens with one attached hydrogen (secondary N) is 2. The Bertz CT molecular complexity index is 832. The lowest BCUT2D eigenvalue weighted by Gasteiger charge is -2.18. The topological polar surface area (TPSA) is 101 Å². The molecule has 0 aliphatic rings. The summed E-state index contributed by atoms with van der Waals surface area (Å²) in [6, 6.07) is 4.97. The number of aromatic nitrogens is 1. The molecule has 1 aromatic heterocycles. The van der Waals surface area contributed by atoms with E-state index in [1.165, 1.54) is 37.4 Å². The van der Waals surface area contributed by atoms with Gasteiger partial charge in [-0.1, -0.05) is 24.6 Å². The van der Waals surface area contributed by atoms with E-state index in [1.54, 1.807) is 6.92 Å². The Morgan fingerprint density at radius 2 is 2.12 bits per heavy atom. The Balaban J connectivity index is 2.36. The number of carboxylic acid groups (broad SMARTS) is 1. The van der Waals surface area contributed by atoms with E-state index >= 15 is 0 Å². The number of anilines is 1. The molecule has 2 aromatic rings. The summed E-state index contributed by atoms with van der Waals surface area (Å²) >= 11 is 6.04. The first kappa shape index (κ1) is 19.5. The highest BCUT2D eigenvalue weighted by atomic mass is 35.5. The molecule has 0 fully saturated rings. The molecule has 7 nitrogen and oxygen atoms in total. The van der Waals surface area contributed by atoms with Crippen LogP contribution in [0.5, 0.6) is 11.5 Å². The molecule has 1 aromatic carbocycles. The van der Waals surface area contributed by atoms with Crippen LogP contribution in [0.1, 0.15) is 31.9 Å². The van der Waals surface area contributed by atoms with Crippen molar-refractivity contribution in [1.82, 2.24) is 10.3 Å². The van der Waals surface area contributed by atoms with Crippen LogP contribution in [-0.4, -0.2) is 22.1 Å². The van der Waals surface area contributed by atoms with Crippen LogP contribution in [0.15, 0.2) is 30.5 Å². The van der Waals surface area contributed by atoms with Gasteiger partial charge in [-0.25, -0.2) is 14.2 Å². The molecule has 1 atom stereocenters. The van der Waals surface area contributed by atoms with Crippen LogP contribution in [-0.2, 0) is 4.79 Å². The number of nitrogens with zero attached hydrogens (tertiary/aromatic N) is 1. The van der Waals surface area contributed by atoms with Crippen molar-refractivity contribution in [3.05, 3.63) is 46.9 Å². The van der Waals surface area contributed by atoms with Crippen LogP contribution in [0.3, 0.4) is 0 Å². The molecule has 0 spiro atoms. The molecule has 2 rings (SSSR count). The number of halogens is 2. The number of carbonyl (C=O) groups is 2. The van der Waals surface area contributed by atoms with Crippen LogP contribution in [0.25, 0.3) is 0 Å². The molecule has 0 radical (unpaired) electrons. The van der Waals surface area contributed by atoms with Gasteiger partial charge in [0, 0.05) is 24.8 Å². The molecule has 3 N–H and O–H groups in total. The first-order valence-corrected chi connectivity index (χ1v) is 8.08. The van der Waals surface area contributed by atoms with E-state index in [-0.39, 0.29) is 33.8 Å². The molecule has 138 valence electrons. The van der Waals surface area contributed by atoms with Gasteiger partial charge in [0.2, 0.25) is 5.91 Å². The Labute approximate surface area is 154 Å². The second kappa shape index (κ2) is 8.48. The highest BCUT2D eigenvalue weighted by Gasteiger charge is 2.22. The third-order valence-electron chi connectivity index (χ3n) is 3.42. The normalized spacial score (nSPS) is 11.5. The summed E-state index contributed by atoms with van der Waals surface area (Å²) in [5, 5.41) is 13.7. The third kappa shape index (κ3) is 4.82. The largest absolute Gasteiger partial charge is 0.465 e. The first-order chi connectivity index (χ1) is 12.3. The molecule has 1 heterocycles. The summed E-state index contributed by atoms with van der Waals surface area (Å²) in [7, 11) is 0. The predicted octanol–water partition coefficient (Wildman–Crippen LogP) is 4.34. The average molecular weight is 382 g/mol. The molecule has 9 heteroatoms. The molecule has 0 bridgehead atoms. The van der Waals surface area contributed by atoms with Gasteiger partial charge in [0.1, 0.15) is 11.6 Å². The van der Waals surface area contributed by atoms with Crippen LogP contribution < -0.4 is 15.4 Å². The monoisotopic (exact) mass is 381 g/mol. The second-order valence-corrected chi connectivity index (χ2v) is 5.76. The molecule has 0 unspecified atom stereocenters. The lowest BCUT2D eigenvalue weighted by molar-refractivity contribution is -0.114. The number of hydrogen-bond donors (Lipinski definition) is 3. The molecule has 26 heavy (non-hydrogen) atoms. The average Bonchev–Trinajstić information content (AvgIpc) is 2.56. The molecular weight excluding hydrogens is 365 g/mol. The molecule has 0 saturated heterocycles. The number of rotatable bonds is 6. The minimum atomic E-state index is -1.26. The molecule has 0 aliphatic carbocycles. The number of ether oxygens (including phenoxy) is 1. The fraction of sp³-hybridized carbons (Fsp3) is 0.235. The van der Waals surface area contributed by atoms with Crippen molar-refractivity contribution in [3.63, 3.8) is 0 Å². The quantitative estimate of drug-likeness (QED) is 0.690. The Kier molecular flexibility index (Phi) is 6.35. The Morgan fingerprint density at radius 1 is 1.38 bits per heavy atom. The van der Waals surface area contributed by atoms with Crippen molar-refractivity contribution in [1.29, 1.82) is 0 Å². The van der Waals surface area contributed by atoms with Crippen LogP contribution in [0.4, 0.5) is 15.0 Å². The van der Waals surface area contributed by atoms with Crippen LogP contribution >= 0.6 is 11.6 Å². The maximum atomic E-state index is 14.9. The Morgan fingerprint density at radius 3 is 2.73 bits per heavy atom. The van der Waals surface area contributed by atoms with Crippen molar-refractivity contribution in [2.75, 3.05) is 5.32 Å². The van der Waals surface area contributed by atoms with Crippen molar-refractivity contribution in [2.24, 2.45) is 0 Å². The lowest BCUT2D eigenvalue weighted by atomic mass is 10.0. The van der Waals surface area contributed by atoms with E-state index in [4.69, 9.17) is 21.4 Å². The standard InChI is InChI=1S/C17H17ClFN3O4/c1-3-13(22-17(24)25)11-4-5-12(18)16(15(11)19)26-10-6-7-20-14(8-10)21-9(2)23/h4-8,13,22H,3H2,1-2H3,(H,24,25)(H,20,21,23)/t13-/m1/s1. The zero-order valence-corrected chi connectivity index (χ0v) is 14.8. The van der Waals surface area contributed by atoms with Gasteiger partial charge in [-0.15, -0.1) is 0 Å². The van der Waals surface area contributed by atoms with E-state index in [1.807, 2.05) is 0 Å². The van der Waals surface area contributed by atoms with E-state index in [2.05, 4.69) is 15.6 Å². The third-order valence-corrected chi connectivity index (χ3v) is 3.71. The SMILES string of the molecule is CC[C@@H](NC(=O)O)c1ccc(Cl)c(Oc2ccnc(NC(C)=O)c2)c1F. The van der Waals surface area contributed by atoms with Gasteiger partial charge < -0.3 is 20.5 Å². The molecule has 0 aliphatic heterocycles. The first-order valence-electron chi connectivity index (χ1n) is 7.70. The lowest BCUT2D eigenvalue weighted by Crippen LogP contribution is -2.27. The van der Waals surface area contributed by atoms with E-state index < -0.39 is 18.0 Å². The van der Waals surface area contributed by atoms with E-state index in [0.717, 1.165) is 0 Å². The van der Waals surface area contributed by atoms with Gasteiger partial charge in [0.25, 0.3) is 0 Å². The summed E-state index contributed by atoms with van der Waals surface area (Å²) in [5.74, 6) is -0.875. The van der Waals surface area contributed by atoms with Crippen LogP contribution in [0, 0.1) is 5.82 Å². The minimum Gasteiger partial charge on any atom is -0.465 e. The fourth-order valence-corrected chi connectivity index (χ4v) is 2.48. The highest BCUT2D eigenvalue weighted by molar-refractivity contribution is 6.32. The number of amides is 2. The van der Waals surface area contributed by atoms with Crippen molar-refractivity contribution < 1.29 is 23.8 Å². The van der Waals surface area contributed by atoms with E-state index in [0.29, 0.717) is 6.42 Å². The smallest absolute Gasteiger partial charge is 0.405 e. The summed E-state index contributed by atoms with van der Waals surface area (Å²) in [6.45, 7) is 3.05. The van der Waals surface area contributed by atoms with Gasteiger partial charge in [-0.3, -0.25) is 4.79 Å². The van der Waals surface area contributed by atoms with Gasteiger partial charge in [0.15, 0.2) is 11.6 Å². The van der Waals surface area contributed by atoms with Crippen molar-refractivity contribution in [3.8, 4) is 11.5 Å². The minimum absolute atomic E-state index is 0.0225. The predicted molar refractivity (Wildman–Crippen MR) is 94.2 cm³/mol. The number of carbonyl (C=O) groups excluding carboxylic acids is 1. The maximum Gasteiger partial charge on any atom is 0.405 e. The second-order valence-electron chi connectivity index (χ2n) is 5.35. The number of pyridine rings is 1. The summed E-state index contributed by atoms with van der Waals surface area (Å²) < 4.78 is 20.4. The zero-order valence-electron chi connectivity index (χ0n) is 14.0. The maximum absolute atomic E-state index is 14.9. The highest BCUT2D eigenvalue weighted by Crippen LogP contribution is 2.36. The zero-order chi connectivity index (χ0) is 19.3. The van der Waals surface area contributed by atoms with Gasteiger partial charge in [-0.2, -0.15) is 0 Å².